The Labute approximate surface area is 126 Å². The molecule has 0 aliphatic rings. The molecule has 0 radical (unpaired) electrons. The van der Waals surface area contributed by atoms with Crippen molar-refractivity contribution < 1.29 is 33.7 Å². The molecule has 8 nitrogen and oxygen atoms in total. The third-order valence-corrected chi connectivity index (χ3v) is 44.3. The lowest BCUT2D eigenvalue weighted by molar-refractivity contribution is 0.602. The Morgan fingerprint density at radius 1 is 0.476 bits per heavy atom. The number of hydrogen-bond acceptors (Lipinski definition) is 8. The largest absolute Gasteiger partial charge is 0.466 e. The SMILES string of the molecule is CCS(=O)(=O)[P+](S(=O)(=O)CC)(S(=O)(=O)CC)S(=O)(=O)CC. The van der Waals surface area contributed by atoms with Crippen molar-refractivity contribution in [2.24, 2.45) is 0 Å². The fraction of sp³-hybridized carbons (Fsp3) is 1.00. The van der Waals surface area contributed by atoms with Crippen molar-refractivity contribution in [2.75, 3.05) is 23.0 Å². The maximum Gasteiger partial charge on any atom is 0.466 e. The highest BCUT2D eigenvalue weighted by molar-refractivity contribution is 9.31. The smallest absolute Gasteiger partial charge is 0.186 e. The first-order valence-corrected chi connectivity index (χ1v) is 16.9. The van der Waals surface area contributed by atoms with E-state index in [9.17, 15) is 33.7 Å². The molecule has 0 aliphatic heterocycles. The summed E-state index contributed by atoms with van der Waals surface area (Å²) in [5, 5.41) is 0. The van der Waals surface area contributed by atoms with Crippen molar-refractivity contribution >= 4 is 41.9 Å². The van der Waals surface area contributed by atoms with Gasteiger partial charge in [0.1, 0.15) is 0 Å². The molecule has 0 unspecified atom stereocenters. The van der Waals surface area contributed by atoms with E-state index in [1.54, 1.807) is 0 Å². The Balaban J connectivity index is 7.61. The van der Waals surface area contributed by atoms with Gasteiger partial charge >= 0.3 is 41.9 Å². The summed E-state index contributed by atoms with van der Waals surface area (Å²) in [6, 6.07) is 0. The van der Waals surface area contributed by atoms with Gasteiger partial charge in [0.05, 0.1) is 23.0 Å². The molecule has 13 heteroatoms. The summed E-state index contributed by atoms with van der Waals surface area (Å²) in [5.41, 5.74) is 0. The van der Waals surface area contributed by atoms with Crippen LogP contribution in [0.5, 0.6) is 0 Å². The first-order chi connectivity index (χ1) is 9.24. The summed E-state index contributed by atoms with van der Waals surface area (Å²) < 4.78 is 93.4. The first-order valence-electron chi connectivity index (χ1n) is 6.05. The summed E-state index contributed by atoms with van der Waals surface area (Å²) in [5.74, 6) is -3.51. The number of rotatable bonds is 8. The van der Waals surface area contributed by atoms with Gasteiger partial charge in [-0.1, -0.05) is 0 Å². The van der Waals surface area contributed by atoms with Gasteiger partial charge in [-0.05, 0) is 27.7 Å². The molecule has 0 bridgehead atoms. The van der Waals surface area contributed by atoms with Crippen LogP contribution in [0.4, 0.5) is 0 Å². The van der Waals surface area contributed by atoms with Crippen molar-refractivity contribution in [3.63, 3.8) is 0 Å². The van der Waals surface area contributed by atoms with Crippen molar-refractivity contribution in [3.8, 4) is 0 Å². The van der Waals surface area contributed by atoms with Gasteiger partial charge in [0.25, 0.3) is 0 Å². The van der Waals surface area contributed by atoms with Gasteiger partial charge in [-0.2, -0.15) is 33.7 Å². The summed E-state index contributed by atoms with van der Waals surface area (Å²) >= 11 is 0. The van der Waals surface area contributed by atoms with Crippen LogP contribution in [0.2, 0.25) is 0 Å². The van der Waals surface area contributed by atoms with Crippen LogP contribution in [0.1, 0.15) is 27.7 Å². The van der Waals surface area contributed by atoms with Gasteiger partial charge in [-0.3, -0.25) is 0 Å². The van der Waals surface area contributed by atoms with Crippen LogP contribution >= 0.6 is 4.07 Å². The summed E-state index contributed by atoms with van der Waals surface area (Å²) in [6.07, 6.45) is 0. The molecule has 0 saturated carbocycles. The van der Waals surface area contributed by atoms with Crippen LogP contribution in [0, 0.1) is 0 Å². The van der Waals surface area contributed by atoms with Gasteiger partial charge in [0.2, 0.25) is 0 Å². The topological polar surface area (TPSA) is 137 Å². The van der Waals surface area contributed by atoms with Crippen LogP contribution in [-0.2, 0) is 37.8 Å². The van der Waals surface area contributed by atoms with Crippen LogP contribution in [0.25, 0.3) is 0 Å². The Morgan fingerprint density at radius 3 is 0.714 bits per heavy atom. The van der Waals surface area contributed by atoms with Crippen molar-refractivity contribution in [1.29, 1.82) is 0 Å². The second-order valence-corrected chi connectivity index (χ2v) is 29.2. The molecule has 128 valence electrons. The van der Waals surface area contributed by atoms with E-state index < -0.39 is 64.9 Å². The fourth-order valence-electron chi connectivity index (χ4n) is 1.67. The van der Waals surface area contributed by atoms with E-state index in [4.69, 9.17) is 0 Å². The lowest BCUT2D eigenvalue weighted by Gasteiger charge is -2.22. The molecule has 0 aliphatic carbocycles. The quantitative estimate of drug-likeness (QED) is 0.531. The summed E-state index contributed by atoms with van der Waals surface area (Å²) in [4.78, 5) is 0. The van der Waals surface area contributed by atoms with E-state index in [2.05, 4.69) is 0 Å². The third-order valence-electron chi connectivity index (χ3n) is 2.82. The molecule has 0 amide bonds. The zero-order valence-corrected chi connectivity index (χ0v) is 16.3. The zero-order chi connectivity index (χ0) is 17.3. The van der Waals surface area contributed by atoms with Crippen molar-refractivity contribution in [1.82, 2.24) is 0 Å². The van der Waals surface area contributed by atoms with Gasteiger partial charge in [0.15, 0.2) is 0 Å². The van der Waals surface area contributed by atoms with E-state index in [1.165, 1.54) is 0 Å². The Kier molecular flexibility index (Phi) is 6.45. The van der Waals surface area contributed by atoms with Gasteiger partial charge < -0.3 is 0 Å². The lowest BCUT2D eigenvalue weighted by atomic mass is 11.0. The van der Waals surface area contributed by atoms with Crippen LogP contribution < -0.4 is 0 Å². The summed E-state index contributed by atoms with van der Waals surface area (Å²) in [6.45, 7) is 4.13. The standard InChI is InChI=1S/C8H20O8PS4/c1-5-18(9,10)17(19(11,12)6-2,20(13,14)7-3)21(15,16)8-4/h5-8H2,1-4H3/q+1. The molecule has 0 atom stereocenters. The van der Waals surface area contributed by atoms with E-state index in [-0.39, 0.29) is 0 Å². The van der Waals surface area contributed by atoms with E-state index >= 15 is 0 Å². The minimum atomic E-state index is -5.42. The van der Waals surface area contributed by atoms with E-state index in [1.807, 2.05) is 0 Å². The third kappa shape index (κ3) is 2.89. The monoisotopic (exact) mass is 403 g/mol. The maximum absolute atomic E-state index is 12.4. The Morgan fingerprint density at radius 2 is 0.619 bits per heavy atom. The lowest BCUT2D eigenvalue weighted by Crippen LogP contribution is -2.33. The predicted molar refractivity (Wildman–Crippen MR) is 84.8 cm³/mol. The van der Waals surface area contributed by atoms with Crippen molar-refractivity contribution in [3.05, 3.63) is 0 Å². The molecule has 0 spiro atoms. The second-order valence-electron chi connectivity index (χ2n) is 3.93. The molecule has 0 saturated heterocycles. The van der Waals surface area contributed by atoms with Crippen LogP contribution in [0.3, 0.4) is 0 Å². The maximum atomic E-state index is 12.4. The average Bonchev–Trinajstić information content (AvgIpc) is 2.37. The minimum absolute atomic E-state index is 0.877. The van der Waals surface area contributed by atoms with E-state index in [0.29, 0.717) is 0 Å². The number of hydrogen-bond donors (Lipinski definition) is 0. The van der Waals surface area contributed by atoms with E-state index in [0.717, 1.165) is 27.7 Å². The fourth-order valence-corrected chi connectivity index (χ4v) is 45.1. The van der Waals surface area contributed by atoms with Gasteiger partial charge in [-0.25, -0.2) is 0 Å². The highest BCUT2D eigenvalue weighted by atomic mass is 33.7. The highest BCUT2D eigenvalue weighted by Gasteiger charge is 2.80. The van der Waals surface area contributed by atoms with Crippen LogP contribution in [0.15, 0.2) is 0 Å². The molecule has 0 aromatic rings. The molecule has 0 rings (SSSR count). The molecule has 21 heavy (non-hydrogen) atoms. The molecule has 0 fully saturated rings. The molecular weight excluding hydrogens is 383 g/mol. The molecule has 0 heterocycles. The predicted octanol–water partition coefficient (Wildman–Crippen LogP) is 0.403. The normalized spacial score (nSPS) is 15.0. The van der Waals surface area contributed by atoms with Crippen LogP contribution in [-0.4, -0.2) is 56.7 Å². The Hall–Kier alpha value is 0.230. The molecular formula is C8H20O8PS4+. The average molecular weight is 403 g/mol. The summed E-state index contributed by atoms with van der Waals surface area (Å²) in [7, 11) is -19.5. The first kappa shape index (κ1) is 21.2. The van der Waals surface area contributed by atoms with Gasteiger partial charge in [0, 0.05) is 0 Å². The second kappa shape index (κ2) is 6.38. The zero-order valence-electron chi connectivity index (χ0n) is 12.2. The van der Waals surface area contributed by atoms with Gasteiger partial charge in [-0.15, -0.1) is 0 Å². The molecule has 0 aromatic carbocycles. The Bertz CT molecular complexity index is 647. The molecule has 0 aromatic heterocycles. The highest BCUT2D eigenvalue weighted by Crippen LogP contribution is 2.79. The molecule has 0 N–H and O–H groups in total. The minimum Gasteiger partial charge on any atom is -0.186 e. The van der Waals surface area contributed by atoms with Crippen molar-refractivity contribution in [2.45, 2.75) is 27.7 Å².